The van der Waals surface area contributed by atoms with Gasteiger partial charge >= 0.3 is 5.97 Å². The van der Waals surface area contributed by atoms with Crippen LogP contribution >= 0.6 is 11.8 Å². The van der Waals surface area contributed by atoms with Crippen molar-refractivity contribution in [3.8, 4) is 22.5 Å². The Morgan fingerprint density at radius 1 is 1.19 bits per heavy atom. The van der Waals surface area contributed by atoms with Crippen LogP contribution in [0.2, 0.25) is 0 Å². The maximum atomic E-state index is 11.7. The van der Waals surface area contributed by atoms with Crippen LogP contribution in [-0.4, -0.2) is 65.9 Å². The molecule has 1 aliphatic rings. The molecule has 1 unspecified atom stereocenters. The maximum absolute atomic E-state index is 11.7. The number of tetrazole rings is 1. The molecule has 1 saturated heterocycles. The number of ketones is 1. The van der Waals surface area contributed by atoms with E-state index in [0.717, 1.165) is 22.3 Å². The number of hydrogen-bond donors (Lipinski definition) is 2. The van der Waals surface area contributed by atoms with Crippen LogP contribution < -0.4 is 0 Å². The number of aromatic nitrogens is 4. The van der Waals surface area contributed by atoms with Crippen molar-refractivity contribution < 1.29 is 14.7 Å². The minimum atomic E-state index is -0.897. The molecule has 158 valence electrons. The number of H-pyrrole nitrogens is 1. The molecular weight excluding hydrogens is 416 g/mol. The number of carboxylic acids is 1. The summed E-state index contributed by atoms with van der Waals surface area (Å²) in [7, 11) is 0. The lowest BCUT2D eigenvalue weighted by Crippen LogP contribution is -2.39. The summed E-state index contributed by atoms with van der Waals surface area (Å²) in [6.07, 6.45) is 0. The van der Waals surface area contributed by atoms with Crippen molar-refractivity contribution in [1.29, 1.82) is 0 Å². The first kappa shape index (κ1) is 20.7. The van der Waals surface area contributed by atoms with Gasteiger partial charge in [0, 0.05) is 17.9 Å². The van der Waals surface area contributed by atoms with Crippen LogP contribution in [0, 0.1) is 0 Å². The van der Waals surface area contributed by atoms with Crippen LogP contribution in [-0.2, 0) is 16.1 Å². The fourth-order valence-electron chi connectivity index (χ4n) is 3.35. The van der Waals surface area contributed by atoms with E-state index in [9.17, 15) is 14.7 Å². The van der Waals surface area contributed by atoms with Crippen LogP contribution in [0.5, 0.6) is 0 Å². The standard InChI is InChI=1S/C21H20N6O3S/c1-13(28)10-22-21-27(18(12-31-21)20(29)30)11-14-6-8-15(9-7-14)16-4-2-3-5-17(16)19-23-25-26-24-19/h2-9,18H,10-12H2,1H3,(H,29,30)(H,23,24,25,26). The number of Topliss-reactive ketones (excluding diaryl/α,β-unsaturated/α-hetero) is 1. The number of nitrogens with zero attached hydrogens (tertiary/aromatic N) is 5. The fourth-order valence-corrected chi connectivity index (χ4v) is 4.49. The van der Waals surface area contributed by atoms with E-state index in [4.69, 9.17) is 0 Å². The zero-order valence-corrected chi connectivity index (χ0v) is 17.5. The van der Waals surface area contributed by atoms with E-state index in [0.29, 0.717) is 23.3 Å². The lowest BCUT2D eigenvalue weighted by atomic mass is 9.98. The van der Waals surface area contributed by atoms with E-state index >= 15 is 0 Å². The molecule has 1 aromatic heterocycles. The molecular formula is C21H20N6O3S. The second-order valence-electron chi connectivity index (χ2n) is 7.07. The van der Waals surface area contributed by atoms with Gasteiger partial charge in [0.25, 0.3) is 0 Å². The van der Waals surface area contributed by atoms with Gasteiger partial charge in [-0.2, -0.15) is 5.21 Å². The van der Waals surface area contributed by atoms with Crippen LogP contribution in [0.4, 0.5) is 0 Å². The average molecular weight is 436 g/mol. The van der Waals surface area contributed by atoms with Gasteiger partial charge in [0.2, 0.25) is 5.82 Å². The van der Waals surface area contributed by atoms with Crippen molar-refractivity contribution >= 4 is 28.7 Å². The molecule has 0 bridgehead atoms. The van der Waals surface area contributed by atoms with Crippen LogP contribution in [0.25, 0.3) is 22.5 Å². The number of nitrogens with one attached hydrogen (secondary N) is 1. The molecule has 0 saturated carbocycles. The molecule has 2 heterocycles. The highest BCUT2D eigenvalue weighted by atomic mass is 32.2. The van der Waals surface area contributed by atoms with Gasteiger partial charge < -0.3 is 10.0 Å². The Kier molecular flexibility index (Phi) is 6.08. The predicted octanol–water partition coefficient (Wildman–Crippen LogP) is 2.48. The summed E-state index contributed by atoms with van der Waals surface area (Å²) in [5.41, 5.74) is 3.77. The summed E-state index contributed by atoms with van der Waals surface area (Å²) in [4.78, 5) is 29.0. The number of carboxylic acid groups (broad SMARTS) is 1. The quantitative estimate of drug-likeness (QED) is 0.579. The normalized spacial score (nSPS) is 17.3. The van der Waals surface area contributed by atoms with Crippen molar-refractivity contribution in [3.63, 3.8) is 0 Å². The van der Waals surface area contributed by atoms with E-state index in [1.165, 1.54) is 18.7 Å². The molecule has 1 aliphatic heterocycles. The smallest absolute Gasteiger partial charge is 0.327 e. The minimum absolute atomic E-state index is 0.0526. The van der Waals surface area contributed by atoms with Gasteiger partial charge in [-0.15, -0.1) is 10.2 Å². The Morgan fingerprint density at radius 2 is 1.94 bits per heavy atom. The molecule has 9 nitrogen and oxygen atoms in total. The number of aromatic amines is 1. The molecule has 31 heavy (non-hydrogen) atoms. The number of thioether (sulfide) groups is 1. The lowest BCUT2D eigenvalue weighted by molar-refractivity contribution is -0.140. The van der Waals surface area contributed by atoms with Crippen molar-refractivity contribution in [2.24, 2.45) is 4.99 Å². The summed E-state index contributed by atoms with van der Waals surface area (Å²) in [5.74, 6) is -0.0330. The van der Waals surface area contributed by atoms with Crippen LogP contribution in [0.1, 0.15) is 12.5 Å². The number of hydrogen-bond acceptors (Lipinski definition) is 7. The third-order valence-electron chi connectivity index (χ3n) is 4.85. The Hall–Kier alpha value is -3.53. The summed E-state index contributed by atoms with van der Waals surface area (Å²) >= 11 is 1.37. The van der Waals surface area contributed by atoms with Crippen LogP contribution in [0.15, 0.2) is 53.5 Å². The van der Waals surface area contributed by atoms with Crippen molar-refractivity contribution in [2.75, 3.05) is 12.3 Å². The second kappa shape index (κ2) is 9.09. The average Bonchev–Trinajstić information content (AvgIpc) is 3.43. The monoisotopic (exact) mass is 436 g/mol. The van der Waals surface area contributed by atoms with E-state index in [1.54, 1.807) is 4.90 Å². The van der Waals surface area contributed by atoms with E-state index < -0.39 is 12.0 Å². The molecule has 3 aromatic rings. The summed E-state index contributed by atoms with van der Waals surface area (Å²) < 4.78 is 0. The van der Waals surface area contributed by atoms with E-state index in [1.807, 2.05) is 48.5 Å². The Morgan fingerprint density at radius 3 is 2.58 bits per heavy atom. The number of rotatable bonds is 7. The Bertz CT molecular complexity index is 1110. The Labute approximate surface area is 182 Å². The van der Waals surface area contributed by atoms with Gasteiger partial charge in [0.15, 0.2) is 11.0 Å². The number of aliphatic imine (C=N–C) groups is 1. The fraction of sp³-hybridized carbons (Fsp3) is 0.238. The molecule has 10 heteroatoms. The van der Waals surface area contributed by atoms with Gasteiger partial charge in [-0.3, -0.25) is 9.79 Å². The predicted molar refractivity (Wildman–Crippen MR) is 117 cm³/mol. The molecule has 0 radical (unpaired) electrons. The Balaban J connectivity index is 1.58. The van der Waals surface area contributed by atoms with Gasteiger partial charge in [-0.1, -0.05) is 60.3 Å². The largest absolute Gasteiger partial charge is 0.480 e. The first-order chi connectivity index (χ1) is 15.0. The van der Waals surface area contributed by atoms with Gasteiger partial charge in [-0.05, 0) is 28.8 Å². The van der Waals surface area contributed by atoms with Gasteiger partial charge in [0.05, 0.1) is 0 Å². The summed E-state index contributed by atoms with van der Waals surface area (Å²) in [5, 5.41) is 24.4. The van der Waals surface area contributed by atoms with Gasteiger partial charge in [-0.25, -0.2) is 4.79 Å². The highest BCUT2D eigenvalue weighted by molar-refractivity contribution is 8.14. The third kappa shape index (κ3) is 4.64. The number of carbonyl (C=O) groups is 2. The van der Waals surface area contributed by atoms with E-state index in [2.05, 4.69) is 25.6 Å². The lowest BCUT2D eigenvalue weighted by Gasteiger charge is -2.23. The molecule has 0 spiro atoms. The molecule has 1 fully saturated rings. The number of amidine groups is 1. The number of aliphatic carboxylic acids is 1. The molecule has 0 aliphatic carbocycles. The topological polar surface area (TPSA) is 124 Å². The second-order valence-corrected chi connectivity index (χ2v) is 8.06. The van der Waals surface area contributed by atoms with Crippen molar-refractivity contribution in [3.05, 3.63) is 54.1 Å². The highest BCUT2D eigenvalue weighted by Gasteiger charge is 2.35. The SMILES string of the molecule is CC(=O)CN=C1SCC(C(=O)O)N1Cc1ccc(-c2ccccc2-c2nn[nH]n2)cc1. The molecule has 2 N–H and O–H groups in total. The number of carbonyl (C=O) groups excluding carboxylic acids is 1. The van der Waals surface area contributed by atoms with Crippen LogP contribution in [0.3, 0.4) is 0 Å². The summed E-state index contributed by atoms with van der Waals surface area (Å²) in [6, 6.07) is 15.0. The first-order valence-corrected chi connectivity index (χ1v) is 10.6. The first-order valence-electron chi connectivity index (χ1n) is 9.61. The molecule has 2 aromatic carbocycles. The highest BCUT2D eigenvalue weighted by Crippen LogP contribution is 2.31. The molecule has 0 amide bonds. The van der Waals surface area contributed by atoms with Crippen molar-refractivity contribution in [1.82, 2.24) is 25.5 Å². The molecule has 1 atom stereocenters. The molecule has 4 rings (SSSR count). The maximum Gasteiger partial charge on any atom is 0.327 e. The zero-order chi connectivity index (χ0) is 21.8. The third-order valence-corrected chi connectivity index (χ3v) is 5.95. The van der Waals surface area contributed by atoms with Gasteiger partial charge in [0.1, 0.15) is 12.6 Å². The number of benzene rings is 2. The van der Waals surface area contributed by atoms with E-state index in [-0.39, 0.29) is 12.3 Å². The van der Waals surface area contributed by atoms with Crippen molar-refractivity contribution in [2.45, 2.75) is 19.5 Å². The zero-order valence-electron chi connectivity index (χ0n) is 16.7. The minimum Gasteiger partial charge on any atom is -0.480 e. The summed E-state index contributed by atoms with van der Waals surface area (Å²) in [6.45, 7) is 1.91.